The Morgan fingerprint density at radius 1 is 1.42 bits per heavy atom. The molecule has 4 rings (SSSR count). The SMILES string of the molecule is Cn1cc(-c2nccc3c(=O)n([C@H]4COC[C@@H]4O)c(Cl)nc23)cn1. The Kier molecular flexibility index (Phi) is 3.60. The van der Waals surface area contributed by atoms with E-state index < -0.39 is 12.1 Å². The number of hydrogen-bond acceptors (Lipinski definition) is 6. The molecule has 3 aromatic heterocycles. The molecule has 4 heterocycles. The average molecular weight is 348 g/mol. The second kappa shape index (κ2) is 5.66. The zero-order valence-electron chi connectivity index (χ0n) is 12.8. The Morgan fingerprint density at radius 2 is 2.25 bits per heavy atom. The number of rotatable bonds is 2. The minimum Gasteiger partial charge on any atom is -0.388 e. The van der Waals surface area contributed by atoms with Crippen LogP contribution in [0.4, 0.5) is 0 Å². The van der Waals surface area contributed by atoms with Crippen molar-refractivity contribution in [1.82, 2.24) is 24.3 Å². The molecule has 3 aromatic rings. The third-order valence-corrected chi connectivity index (χ3v) is 4.37. The molecule has 0 radical (unpaired) electrons. The first-order valence-corrected chi connectivity index (χ1v) is 7.75. The van der Waals surface area contributed by atoms with E-state index in [0.29, 0.717) is 16.6 Å². The maximum absolute atomic E-state index is 12.9. The molecule has 1 N–H and O–H groups in total. The van der Waals surface area contributed by atoms with Gasteiger partial charge in [0.25, 0.3) is 5.56 Å². The number of hydrogen-bond donors (Lipinski definition) is 1. The summed E-state index contributed by atoms with van der Waals surface area (Å²) >= 11 is 6.26. The van der Waals surface area contributed by atoms with Crippen LogP contribution in [0.15, 0.2) is 29.5 Å². The van der Waals surface area contributed by atoms with Crippen LogP contribution in [0.1, 0.15) is 6.04 Å². The predicted octanol–water partition coefficient (Wildman–Crippen LogP) is 0.778. The Bertz CT molecular complexity index is 983. The Labute approximate surface area is 141 Å². The number of halogens is 1. The Morgan fingerprint density at radius 3 is 2.92 bits per heavy atom. The number of aliphatic hydroxyl groups excluding tert-OH is 1. The van der Waals surface area contributed by atoms with Crippen LogP contribution in [0.5, 0.6) is 0 Å². The van der Waals surface area contributed by atoms with E-state index in [0.717, 1.165) is 5.56 Å². The molecule has 8 nitrogen and oxygen atoms in total. The van der Waals surface area contributed by atoms with Gasteiger partial charge in [-0.15, -0.1) is 0 Å². The zero-order valence-corrected chi connectivity index (χ0v) is 13.5. The van der Waals surface area contributed by atoms with E-state index in [1.807, 2.05) is 0 Å². The fourth-order valence-electron chi connectivity index (χ4n) is 2.92. The molecule has 0 unspecified atom stereocenters. The molecule has 1 fully saturated rings. The van der Waals surface area contributed by atoms with E-state index in [9.17, 15) is 9.90 Å². The summed E-state index contributed by atoms with van der Waals surface area (Å²) in [6.07, 6.45) is 4.20. The lowest BCUT2D eigenvalue weighted by Gasteiger charge is -2.18. The lowest BCUT2D eigenvalue weighted by atomic mass is 10.1. The number of nitrogens with zero attached hydrogens (tertiary/aromatic N) is 5. The van der Waals surface area contributed by atoms with Crippen LogP contribution in [0.2, 0.25) is 5.28 Å². The summed E-state index contributed by atoms with van der Waals surface area (Å²) < 4.78 is 8.15. The van der Waals surface area contributed by atoms with Crippen molar-refractivity contribution in [3.8, 4) is 11.3 Å². The molecule has 1 aliphatic rings. The van der Waals surface area contributed by atoms with E-state index in [1.54, 1.807) is 36.4 Å². The number of aliphatic hydroxyl groups is 1. The highest BCUT2D eigenvalue weighted by Crippen LogP contribution is 2.27. The summed E-state index contributed by atoms with van der Waals surface area (Å²) in [6.45, 7) is 0.386. The number of aryl methyl sites for hydroxylation is 1. The fraction of sp³-hybridized carbons (Fsp3) is 0.333. The zero-order chi connectivity index (χ0) is 16.8. The number of ether oxygens (including phenoxy) is 1. The van der Waals surface area contributed by atoms with Crippen molar-refractivity contribution in [3.63, 3.8) is 0 Å². The molecule has 1 saturated heterocycles. The lowest BCUT2D eigenvalue weighted by molar-refractivity contribution is 0.119. The van der Waals surface area contributed by atoms with Gasteiger partial charge in [0.1, 0.15) is 11.6 Å². The molecule has 1 aliphatic heterocycles. The van der Waals surface area contributed by atoms with Crippen LogP contribution in [0.3, 0.4) is 0 Å². The van der Waals surface area contributed by atoms with Crippen LogP contribution in [-0.4, -0.2) is 48.7 Å². The van der Waals surface area contributed by atoms with Crippen LogP contribution in [-0.2, 0) is 11.8 Å². The van der Waals surface area contributed by atoms with Gasteiger partial charge < -0.3 is 9.84 Å². The molecule has 0 amide bonds. The molecule has 0 bridgehead atoms. The normalized spacial score (nSPS) is 20.8. The first-order valence-electron chi connectivity index (χ1n) is 7.38. The van der Waals surface area contributed by atoms with Gasteiger partial charge in [-0.25, -0.2) is 4.98 Å². The van der Waals surface area contributed by atoms with Crippen LogP contribution < -0.4 is 5.56 Å². The molecule has 9 heteroatoms. The van der Waals surface area contributed by atoms with Gasteiger partial charge in [-0.2, -0.15) is 5.10 Å². The molecule has 0 aliphatic carbocycles. The van der Waals surface area contributed by atoms with Gasteiger partial charge in [-0.05, 0) is 17.7 Å². The monoisotopic (exact) mass is 347 g/mol. The number of pyridine rings is 1. The highest BCUT2D eigenvalue weighted by atomic mass is 35.5. The standard InChI is InChI=1S/C15H14ClN5O3/c1-20-5-8(4-18-20)12-13-9(2-3-17-12)14(23)21(15(16)19-13)10-6-24-7-11(10)22/h2-5,10-11,22H,6-7H2,1H3/t10-,11-/m0/s1. The maximum atomic E-state index is 12.9. The maximum Gasteiger partial charge on any atom is 0.262 e. The minimum absolute atomic E-state index is 0.000176. The van der Waals surface area contributed by atoms with E-state index in [4.69, 9.17) is 16.3 Å². The summed E-state index contributed by atoms with van der Waals surface area (Å²) in [4.78, 5) is 21.6. The summed E-state index contributed by atoms with van der Waals surface area (Å²) in [5, 5.41) is 14.5. The Hall–Kier alpha value is -2.29. The predicted molar refractivity (Wildman–Crippen MR) is 86.9 cm³/mol. The van der Waals surface area contributed by atoms with Crippen LogP contribution in [0, 0.1) is 0 Å². The third kappa shape index (κ3) is 2.31. The van der Waals surface area contributed by atoms with Crippen molar-refractivity contribution in [2.24, 2.45) is 7.05 Å². The van der Waals surface area contributed by atoms with Gasteiger partial charge in [0.15, 0.2) is 0 Å². The molecular formula is C15H14ClN5O3. The van der Waals surface area contributed by atoms with Gasteiger partial charge in [0, 0.05) is 25.0 Å². The quantitative estimate of drug-likeness (QED) is 0.688. The summed E-state index contributed by atoms with van der Waals surface area (Å²) in [7, 11) is 1.80. The van der Waals surface area contributed by atoms with E-state index in [-0.39, 0.29) is 24.1 Å². The van der Waals surface area contributed by atoms with Crippen molar-refractivity contribution < 1.29 is 9.84 Å². The van der Waals surface area contributed by atoms with Gasteiger partial charge in [-0.3, -0.25) is 19.0 Å². The van der Waals surface area contributed by atoms with Crippen LogP contribution >= 0.6 is 11.6 Å². The molecule has 0 saturated carbocycles. The molecule has 124 valence electrons. The first-order chi connectivity index (χ1) is 11.6. The second-order valence-electron chi connectivity index (χ2n) is 5.69. The van der Waals surface area contributed by atoms with Crippen LogP contribution in [0.25, 0.3) is 22.2 Å². The van der Waals surface area contributed by atoms with Crippen molar-refractivity contribution in [2.45, 2.75) is 12.1 Å². The van der Waals surface area contributed by atoms with Crippen molar-refractivity contribution in [2.75, 3.05) is 13.2 Å². The van der Waals surface area contributed by atoms with Gasteiger partial charge in [0.2, 0.25) is 5.28 Å². The largest absolute Gasteiger partial charge is 0.388 e. The third-order valence-electron chi connectivity index (χ3n) is 4.11. The number of aromatic nitrogens is 5. The van der Waals surface area contributed by atoms with Gasteiger partial charge in [-0.1, -0.05) is 0 Å². The molecular weight excluding hydrogens is 334 g/mol. The van der Waals surface area contributed by atoms with Crippen molar-refractivity contribution in [3.05, 3.63) is 40.3 Å². The van der Waals surface area contributed by atoms with Gasteiger partial charge in [0.05, 0.1) is 36.5 Å². The lowest BCUT2D eigenvalue weighted by Crippen LogP contribution is -2.33. The first kappa shape index (κ1) is 15.3. The van der Waals surface area contributed by atoms with E-state index >= 15 is 0 Å². The topological polar surface area (TPSA) is 95.1 Å². The summed E-state index contributed by atoms with van der Waals surface area (Å²) in [6, 6.07) is 1.05. The summed E-state index contributed by atoms with van der Waals surface area (Å²) in [5.41, 5.74) is 1.36. The molecule has 0 aromatic carbocycles. The smallest absolute Gasteiger partial charge is 0.262 e. The fourth-order valence-corrected chi connectivity index (χ4v) is 3.21. The van der Waals surface area contributed by atoms with E-state index in [1.165, 1.54) is 4.57 Å². The highest BCUT2D eigenvalue weighted by molar-refractivity contribution is 6.28. The van der Waals surface area contributed by atoms with E-state index in [2.05, 4.69) is 15.1 Å². The Balaban J connectivity index is 1.97. The molecule has 0 spiro atoms. The summed E-state index contributed by atoms with van der Waals surface area (Å²) in [5.74, 6) is 0. The second-order valence-corrected chi connectivity index (χ2v) is 6.02. The molecule has 24 heavy (non-hydrogen) atoms. The van der Waals surface area contributed by atoms with Gasteiger partial charge >= 0.3 is 0 Å². The minimum atomic E-state index is -0.793. The molecule has 2 atom stereocenters. The van der Waals surface area contributed by atoms with Crippen molar-refractivity contribution >= 4 is 22.5 Å². The van der Waals surface area contributed by atoms with Crippen molar-refractivity contribution in [1.29, 1.82) is 0 Å². The average Bonchev–Trinajstić information content (AvgIpc) is 3.16. The number of fused-ring (bicyclic) bond motifs is 1. The highest BCUT2D eigenvalue weighted by Gasteiger charge is 2.31.